The van der Waals surface area contributed by atoms with Crippen LogP contribution >= 0.6 is 0 Å². The van der Waals surface area contributed by atoms with Crippen molar-refractivity contribution in [1.82, 2.24) is 19.3 Å². The fraction of sp³-hybridized carbons (Fsp3) is 0.529. The first-order valence-electron chi connectivity index (χ1n) is 8.81. The lowest BCUT2D eigenvalue weighted by atomic mass is 10.3. The van der Waals surface area contributed by atoms with Crippen molar-refractivity contribution in [3.8, 4) is 0 Å². The highest BCUT2D eigenvalue weighted by Crippen LogP contribution is 2.18. The van der Waals surface area contributed by atoms with E-state index < -0.39 is 11.2 Å². The van der Waals surface area contributed by atoms with Gasteiger partial charge in [-0.05, 0) is 25.8 Å². The van der Waals surface area contributed by atoms with Crippen LogP contribution in [0.25, 0.3) is 0 Å². The Bertz CT molecular complexity index is 879. The van der Waals surface area contributed by atoms with Gasteiger partial charge in [0.25, 0.3) is 5.56 Å². The van der Waals surface area contributed by atoms with Gasteiger partial charge in [-0.1, -0.05) is 13.3 Å². The molecule has 0 bridgehead atoms. The number of hydrogen-bond acceptors (Lipinski definition) is 5. The molecule has 0 radical (unpaired) electrons. The summed E-state index contributed by atoms with van der Waals surface area (Å²) in [5.41, 5.74) is 5.92. The van der Waals surface area contributed by atoms with Crippen LogP contribution in [-0.2, 0) is 17.9 Å². The molecule has 0 aliphatic heterocycles. The van der Waals surface area contributed by atoms with Crippen molar-refractivity contribution in [1.29, 1.82) is 0 Å². The van der Waals surface area contributed by atoms with E-state index in [0.717, 1.165) is 18.4 Å². The zero-order chi connectivity index (χ0) is 19.3. The highest BCUT2D eigenvalue weighted by molar-refractivity contribution is 5.95. The summed E-state index contributed by atoms with van der Waals surface area (Å²) in [6, 6.07) is 0. The number of H-pyrrole nitrogens is 1. The lowest BCUT2D eigenvalue weighted by molar-refractivity contribution is -0.118. The van der Waals surface area contributed by atoms with Crippen molar-refractivity contribution in [3.63, 3.8) is 0 Å². The van der Waals surface area contributed by atoms with E-state index in [0.29, 0.717) is 13.1 Å². The van der Waals surface area contributed by atoms with Gasteiger partial charge in [-0.25, -0.2) is 4.79 Å². The Labute approximate surface area is 151 Å². The van der Waals surface area contributed by atoms with Crippen molar-refractivity contribution < 1.29 is 4.79 Å². The first kappa shape index (κ1) is 19.5. The maximum Gasteiger partial charge on any atom is 0.330 e. The Balaban J connectivity index is 2.29. The number of nitrogens with two attached hydrogens (primary N) is 1. The fourth-order valence-electron chi connectivity index (χ4n) is 2.77. The molecule has 1 amide bonds. The number of hydrogen-bond donors (Lipinski definition) is 2. The Hall–Kier alpha value is -2.84. The molecule has 0 saturated heterocycles. The number of aromatic amines is 1. The van der Waals surface area contributed by atoms with Gasteiger partial charge in [0.15, 0.2) is 5.69 Å². The third-order valence-corrected chi connectivity index (χ3v) is 4.15. The van der Waals surface area contributed by atoms with Crippen LogP contribution < -0.4 is 21.9 Å². The summed E-state index contributed by atoms with van der Waals surface area (Å²) in [5, 5.41) is 4.15. The van der Waals surface area contributed by atoms with Gasteiger partial charge < -0.3 is 10.6 Å². The number of amides is 1. The van der Waals surface area contributed by atoms with Gasteiger partial charge in [0.1, 0.15) is 5.82 Å². The van der Waals surface area contributed by atoms with Crippen molar-refractivity contribution in [3.05, 3.63) is 38.8 Å². The molecule has 26 heavy (non-hydrogen) atoms. The third kappa shape index (κ3) is 4.22. The Kier molecular flexibility index (Phi) is 6.37. The van der Waals surface area contributed by atoms with Crippen LogP contribution in [-0.4, -0.2) is 31.8 Å². The van der Waals surface area contributed by atoms with E-state index in [4.69, 9.17) is 5.73 Å². The van der Waals surface area contributed by atoms with Crippen molar-refractivity contribution in [2.24, 2.45) is 0 Å². The van der Waals surface area contributed by atoms with E-state index in [9.17, 15) is 14.4 Å². The molecule has 2 aromatic rings. The topological polar surface area (TPSA) is 119 Å². The molecule has 0 aromatic carbocycles. The summed E-state index contributed by atoms with van der Waals surface area (Å²) in [4.78, 5) is 40.6. The minimum absolute atomic E-state index is 0.0253. The van der Waals surface area contributed by atoms with Crippen molar-refractivity contribution >= 4 is 17.4 Å². The molecule has 9 nitrogen and oxygen atoms in total. The number of nitrogens with zero attached hydrogens (tertiary/aromatic N) is 4. The summed E-state index contributed by atoms with van der Waals surface area (Å²) >= 11 is 0. The zero-order valence-electron chi connectivity index (χ0n) is 15.5. The van der Waals surface area contributed by atoms with E-state index in [2.05, 4.69) is 10.1 Å². The highest BCUT2D eigenvalue weighted by Gasteiger charge is 2.22. The summed E-state index contributed by atoms with van der Waals surface area (Å²) in [6.07, 6.45) is 5.35. The quantitative estimate of drug-likeness (QED) is 0.722. The molecule has 0 aliphatic rings. The predicted molar refractivity (Wildman–Crippen MR) is 100 cm³/mol. The van der Waals surface area contributed by atoms with Crippen LogP contribution in [0.1, 0.15) is 38.7 Å². The Morgan fingerprint density at radius 1 is 1.31 bits per heavy atom. The average molecular weight is 362 g/mol. The highest BCUT2D eigenvalue weighted by atomic mass is 16.2. The molecule has 0 spiro atoms. The van der Waals surface area contributed by atoms with Crippen molar-refractivity contribution in [2.45, 2.75) is 53.1 Å². The van der Waals surface area contributed by atoms with Crippen LogP contribution in [0.15, 0.2) is 22.0 Å². The van der Waals surface area contributed by atoms with E-state index in [-0.39, 0.29) is 30.4 Å². The van der Waals surface area contributed by atoms with Crippen LogP contribution in [0.5, 0.6) is 0 Å². The smallest absolute Gasteiger partial charge is 0.330 e. The van der Waals surface area contributed by atoms with E-state index >= 15 is 0 Å². The lowest BCUT2D eigenvalue weighted by Crippen LogP contribution is -2.41. The minimum Gasteiger partial charge on any atom is -0.383 e. The number of nitrogens with one attached hydrogen (secondary N) is 1. The van der Waals surface area contributed by atoms with Crippen LogP contribution in [0.2, 0.25) is 0 Å². The first-order chi connectivity index (χ1) is 12.4. The van der Waals surface area contributed by atoms with E-state index in [1.54, 1.807) is 17.8 Å². The standard InChI is InChI=1S/C17H26N6O3/c1-4-6-8-23-15(18)14(16(25)20-17(23)26)22(5-2)13(24)7-9-21-11-12(3)10-19-21/h10-11H,4-9,18H2,1-3H3,(H,20,25,26). The van der Waals surface area contributed by atoms with Gasteiger partial charge in [0.2, 0.25) is 5.91 Å². The van der Waals surface area contributed by atoms with Crippen molar-refractivity contribution in [2.75, 3.05) is 17.2 Å². The third-order valence-electron chi connectivity index (χ3n) is 4.15. The molecule has 9 heteroatoms. The summed E-state index contributed by atoms with van der Waals surface area (Å²) < 4.78 is 2.99. The number of unbranched alkanes of at least 4 members (excludes halogenated alkanes) is 1. The lowest BCUT2D eigenvalue weighted by Gasteiger charge is -2.23. The molecular weight excluding hydrogens is 336 g/mol. The fourth-order valence-corrected chi connectivity index (χ4v) is 2.77. The second kappa shape index (κ2) is 8.50. The minimum atomic E-state index is -0.648. The van der Waals surface area contributed by atoms with Crippen LogP contribution in [0, 0.1) is 6.92 Å². The number of nitrogen functional groups attached to an aromatic ring is 1. The number of rotatable bonds is 8. The monoisotopic (exact) mass is 362 g/mol. The second-order valence-electron chi connectivity index (χ2n) is 6.17. The Morgan fingerprint density at radius 3 is 2.62 bits per heavy atom. The maximum absolute atomic E-state index is 12.7. The molecule has 0 unspecified atom stereocenters. The SMILES string of the molecule is CCCCn1c(N)c(N(CC)C(=O)CCn2cc(C)cn2)c(=O)[nH]c1=O. The second-order valence-corrected chi connectivity index (χ2v) is 6.17. The average Bonchev–Trinajstić information content (AvgIpc) is 3.01. The van der Waals surface area contributed by atoms with E-state index in [1.165, 1.54) is 9.47 Å². The normalized spacial score (nSPS) is 10.9. The number of aromatic nitrogens is 4. The van der Waals surface area contributed by atoms with Gasteiger partial charge in [-0.3, -0.25) is 23.8 Å². The number of carbonyl (C=O) groups excluding carboxylic acids is 1. The molecule has 0 aliphatic carbocycles. The Morgan fingerprint density at radius 2 is 2.04 bits per heavy atom. The number of carbonyl (C=O) groups is 1. The summed E-state index contributed by atoms with van der Waals surface area (Å²) in [7, 11) is 0. The first-order valence-corrected chi connectivity index (χ1v) is 8.81. The number of anilines is 2. The largest absolute Gasteiger partial charge is 0.383 e. The molecule has 0 atom stereocenters. The van der Waals surface area contributed by atoms with Gasteiger partial charge >= 0.3 is 5.69 Å². The van der Waals surface area contributed by atoms with E-state index in [1.807, 2.05) is 20.0 Å². The molecule has 2 rings (SSSR count). The molecule has 0 saturated carbocycles. The number of aryl methyl sites for hydroxylation is 2. The predicted octanol–water partition coefficient (Wildman–Crippen LogP) is 0.867. The van der Waals surface area contributed by atoms with Gasteiger partial charge in [-0.2, -0.15) is 5.10 Å². The summed E-state index contributed by atoms with van der Waals surface area (Å²) in [5.74, 6) is -0.226. The molecule has 2 aromatic heterocycles. The summed E-state index contributed by atoms with van der Waals surface area (Å²) in [6.45, 7) is 6.74. The van der Waals surface area contributed by atoms with Gasteiger partial charge in [0.05, 0.1) is 6.20 Å². The maximum atomic E-state index is 12.7. The molecule has 142 valence electrons. The molecule has 3 N–H and O–H groups in total. The van der Waals surface area contributed by atoms with Crippen LogP contribution in [0.4, 0.5) is 11.5 Å². The van der Waals surface area contributed by atoms with Gasteiger partial charge in [-0.15, -0.1) is 0 Å². The molecule has 0 fully saturated rings. The van der Waals surface area contributed by atoms with Gasteiger partial charge in [0, 0.05) is 32.3 Å². The molecular formula is C17H26N6O3. The zero-order valence-corrected chi connectivity index (χ0v) is 15.5. The molecule has 2 heterocycles. The van der Waals surface area contributed by atoms with Crippen LogP contribution in [0.3, 0.4) is 0 Å².